The van der Waals surface area contributed by atoms with Crippen molar-refractivity contribution in [3.05, 3.63) is 60.7 Å². The molecule has 10 heteroatoms. The van der Waals surface area contributed by atoms with E-state index in [0.717, 1.165) is 0 Å². The fraction of sp³-hybridized carbons (Fsp3) is 0.125. The van der Waals surface area contributed by atoms with E-state index in [0.29, 0.717) is 11.5 Å². The first-order valence-corrected chi connectivity index (χ1v) is 6.68. The zero-order valence-electron chi connectivity index (χ0n) is 14.0. The predicted octanol–water partition coefficient (Wildman–Crippen LogP) is 3.27. The van der Waals surface area contributed by atoms with Gasteiger partial charge in [0.2, 0.25) is 0 Å². The average Bonchev–Trinajstić information content (AvgIpc) is 2.57. The third-order valence-electron chi connectivity index (χ3n) is 1.82. The van der Waals surface area contributed by atoms with Crippen LogP contribution in [0.25, 0.3) is 0 Å². The first-order valence-electron chi connectivity index (χ1n) is 6.68. The van der Waals surface area contributed by atoms with Gasteiger partial charge in [-0.1, -0.05) is 36.4 Å². The number of phenolic OH excluding ortho intramolecular Hbond substituents is 2. The molecule has 2 rings (SSSR count). The summed E-state index contributed by atoms with van der Waals surface area (Å²) in [5, 5.41) is 31.2. The van der Waals surface area contributed by atoms with Crippen LogP contribution in [-0.2, 0) is 19.6 Å². The van der Waals surface area contributed by atoms with E-state index in [1.807, 2.05) is 12.1 Å². The molecule has 0 aliphatic carbocycles. The molecular formula is C16H20O10. The Morgan fingerprint density at radius 2 is 0.962 bits per heavy atom. The van der Waals surface area contributed by atoms with Gasteiger partial charge in [-0.2, -0.15) is 14.6 Å². The summed E-state index contributed by atoms with van der Waals surface area (Å²) in [6, 6.07) is 17.4. The lowest BCUT2D eigenvalue weighted by molar-refractivity contribution is -0.298. The number of carboxylic acid groups (broad SMARTS) is 2. The number of benzene rings is 2. The number of carbonyl (C=O) groups excluding carboxylic acids is 1. The van der Waals surface area contributed by atoms with Crippen LogP contribution in [0.5, 0.6) is 11.5 Å². The first-order chi connectivity index (χ1) is 12.3. The minimum Gasteiger partial charge on any atom is -0.508 e. The zero-order chi connectivity index (χ0) is 20.2. The fourth-order valence-electron chi connectivity index (χ4n) is 1.01. The summed E-state index contributed by atoms with van der Waals surface area (Å²) >= 11 is 0. The summed E-state index contributed by atoms with van der Waals surface area (Å²) in [6.45, 7) is 0. The highest BCUT2D eigenvalue weighted by Crippen LogP contribution is 2.03. The van der Waals surface area contributed by atoms with Crippen LogP contribution in [0, 0.1) is 0 Å². The lowest BCUT2D eigenvalue weighted by Gasteiger charge is -1.94. The summed E-state index contributed by atoms with van der Waals surface area (Å²) in [5.41, 5.74) is 0. The van der Waals surface area contributed by atoms with E-state index in [1.54, 1.807) is 48.5 Å². The van der Waals surface area contributed by atoms with Crippen LogP contribution in [0.2, 0.25) is 0 Å². The molecule has 26 heavy (non-hydrogen) atoms. The minimum absolute atomic E-state index is 0.322. The second-order valence-electron chi connectivity index (χ2n) is 3.70. The Balaban J connectivity index is 0. The van der Waals surface area contributed by atoms with Gasteiger partial charge in [0.15, 0.2) is 0 Å². The van der Waals surface area contributed by atoms with Crippen molar-refractivity contribution >= 4 is 12.3 Å². The van der Waals surface area contributed by atoms with Gasteiger partial charge in [-0.05, 0) is 24.3 Å². The third kappa shape index (κ3) is 22.8. The van der Waals surface area contributed by atoms with Crippen LogP contribution in [-0.4, -0.2) is 47.0 Å². The zero-order valence-corrected chi connectivity index (χ0v) is 14.0. The van der Waals surface area contributed by atoms with Crippen molar-refractivity contribution in [2.45, 2.75) is 0 Å². The summed E-state index contributed by atoms with van der Waals surface area (Å²) in [4.78, 5) is 33.9. The van der Waals surface area contributed by atoms with Crippen molar-refractivity contribution in [3.8, 4) is 11.5 Å². The van der Waals surface area contributed by atoms with Crippen molar-refractivity contribution in [2.75, 3.05) is 14.2 Å². The lowest BCUT2D eigenvalue weighted by atomic mass is 10.3. The summed E-state index contributed by atoms with van der Waals surface area (Å²) in [6.07, 6.45) is -2.87. The normalized spacial score (nSPS) is 8.08. The molecule has 0 atom stereocenters. The van der Waals surface area contributed by atoms with E-state index in [1.165, 1.54) is 14.2 Å². The minimum atomic E-state index is -1.83. The van der Waals surface area contributed by atoms with E-state index in [2.05, 4.69) is 19.6 Å². The second-order valence-corrected chi connectivity index (χ2v) is 3.70. The molecule has 2 aromatic rings. The maximum absolute atomic E-state index is 9.95. The molecule has 0 radical (unpaired) electrons. The smallest absolute Gasteiger partial charge is 0.508 e. The number of para-hydroxylation sites is 2. The molecule has 0 aromatic heterocycles. The lowest BCUT2D eigenvalue weighted by Crippen LogP contribution is -2.04. The molecule has 4 N–H and O–H groups in total. The molecule has 0 spiro atoms. The van der Waals surface area contributed by atoms with Gasteiger partial charge in [-0.3, -0.25) is 9.78 Å². The average molecular weight is 372 g/mol. The molecule has 0 bridgehead atoms. The van der Waals surface area contributed by atoms with Crippen molar-refractivity contribution in [1.82, 2.24) is 0 Å². The second kappa shape index (κ2) is 17.8. The quantitative estimate of drug-likeness (QED) is 0.456. The van der Waals surface area contributed by atoms with Gasteiger partial charge in [0.1, 0.15) is 11.5 Å². The van der Waals surface area contributed by atoms with Crippen LogP contribution >= 0.6 is 0 Å². The number of hydrogen-bond acceptors (Lipinski definition) is 8. The van der Waals surface area contributed by atoms with Gasteiger partial charge in [0.05, 0.1) is 14.2 Å². The highest BCUT2D eigenvalue weighted by atomic mass is 17.3. The van der Waals surface area contributed by atoms with Crippen molar-refractivity contribution in [2.24, 2.45) is 0 Å². The van der Waals surface area contributed by atoms with Crippen molar-refractivity contribution in [3.63, 3.8) is 0 Å². The Kier molecular flexibility index (Phi) is 17.0. The molecule has 0 heterocycles. The molecule has 2 aromatic carbocycles. The van der Waals surface area contributed by atoms with E-state index in [9.17, 15) is 4.79 Å². The topological polar surface area (TPSA) is 152 Å². The monoisotopic (exact) mass is 372 g/mol. The number of hydrogen-bond donors (Lipinski definition) is 4. The maximum Gasteiger partial charge on any atom is 0.573 e. The molecular weight excluding hydrogens is 352 g/mol. The van der Waals surface area contributed by atoms with Gasteiger partial charge in [-0.15, -0.1) is 0 Å². The molecule has 0 unspecified atom stereocenters. The van der Waals surface area contributed by atoms with Crippen LogP contribution in [0.15, 0.2) is 60.7 Å². The van der Waals surface area contributed by atoms with Crippen LogP contribution in [0.3, 0.4) is 0 Å². The van der Waals surface area contributed by atoms with E-state index in [-0.39, 0.29) is 0 Å². The Morgan fingerprint density at radius 1 is 0.692 bits per heavy atom. The van der Waals surface area contributed by atoms with Crippen molar-refractivity contribution < 1.29 is 49.6 Å². The highest BCUT2D eigenvalue weighted by Gasteiger charge is 2.01. The molecule has 0 saturated heterocycles. The maximum atomic E-state index is 9.95. The van der Waals surface area contributed by atoms with Crippen LogP contribution in [0.4, 0.5) is 9.59 Å². The number of carbonyl (C=O) groups is 2. The number of phenols is 2. The summed E-state index contributed by atoms with van der Waals surface area (Å²) in [7, 11) is 2.36. The summed E-state index contributed by atoms with van der Waals surface area (Å²) in [5.74, 6) is 0.644. The Morgan fingerprint density at radius 3 is 1.12 bits per heavy atom. The van der Waals surface area contributed by atoms with E-state index >= 15 is 0 Å². The van der Waals surface area contributed by atoms with Gasteiger partial charge >= 0.3 is 12.3 Å². The first kappa shape index (κ1) is 24.7. The summed E-state index contributed by atoms with van der Waals surface area (Å²) < 4.78 is 0. The molecule has 10 nitrogen and oxygen atoms in total. The Labute approximate surface area is 149 Å². The number of rotatable bonds is 2. The molecule has 0 amide bonds. The van der Waals surface area contributed by atoms with Gasteiger partial charge in [0, 0.05) is 0 Å². The van der Waals surface area contributed by atoms with E-state index in [4.69, 9.17) is 25.2 Å². The molecule has 0 fully saturated rings. The number of aromatic hydroxyl groups is 2. The van der Waals surface area contributed by atoms with E-state index < -0.39 is 12.3 Å². The van der Waals surface area contributed by atoms with Gasteiger partial charge < -0.3 is 20.4 Å². The third-order valence-corrected chi connectivity index (χ3v) is 1.82. The van der Waals surface area contributed by atoms with Crippen LogP contribution < -0.4 is 0 Å². The molecule has 0 aliphatic heterocycles. The SMILES string of the molecule is COOC(=O)OOC.O=C(O)O.Oc1ccccc1.Oc1ccccc1. The van der Waals surface area contributed by atoms with Gasteiger partial charge in [-0.25, -0.2) is 4.79 Å². The molecule has 0 aliphatic rings. The van der Waals surface area contributed by atoms with Crippen LogP contribution in [0.1, 0.15) is 0 Å². The largest absolute Gasteiger partial charge is 0.573 e. The van der Waals surface area contributed by atoms with Crippen molar-refractivity contribution in [1.29, 1.82) is 0 Å². The molecule has 144 valence electrons. The van der Waals surface area contributed by atoms with Gasteiger partial charge in [0.25, 0.3) is 0 Å². The molecule has 0 saturated carbocycles. The standard InChI is InChI=1S/2C6H6O.C3H6O5.CH2O3/c2*7-6-4-2-1-3-5-6;1-5-7-3(4)8-6-2;2-1(3)4/h2*1-5,7H;1-2H3;(H2,2,3,4). The Hall–Kier alpha value is -3.50. The predicted molar refractivity (Wildman–Crippen MR) is 88.5 cm³/mol. The fourth-order valence-corrected chi connectivity index (χ4v) is 1.01. The Bertz CT molecular complexity index is 525. The highest BCUT2D eigenvalue weighted by molar-refractivity contribution is 5.58.